The number of anilines is 1. The van der Waals surface area contributed by atoms with E-state index in [0.717, 1.165) is 5.52 Å². The monoisotopic (exact) mass is 431 g/mol. The number of nitrogens with zero attached hydrogens (tertiary/aromatic N) is 2. The zero-order chi connectivity index (χ0) is 21.7. The van der Waals surface area contributed by atoms with Gasteiger partial charge in [-0.05, 0) is 44.2 Å². The van der Waals surface area contributed by atoms with Gasteiger partial charge in [-0.1, -0.05) is 6.07 Å². The highest BCUT2D eigenvalue weighted by Gasteiger charge is 2.16. The van der Waals surface area contributed by atoms with Crippen LogP contribution in [-0.4, -0.2) is 43.7 Å². The van der Waals surface area contributed by atoms with E-state index >= 15 is 0 Å². The van der Waals surface area contributed by atoms with Gasteiger partial charge in [0.15, 0.2) is 0 Å². The van der Waals surface area contributed by atoms with E-state index in [4.69, 9.17) is 4.74 Å². The largest absolute Gasteiger partial charge is 0.497 e. The Bertz CT molecular complexity index is 1140. The van der Waals surface area contributed by atoms with Crippen molar-refractivity contribution in [2.45, 2.75) is 31.3 Å². The van der Waals surface area contributed by atoms with Crippen molar-refractivity contribution in [1.82, 2.24) is 19.6 Å². The summed E-state index contributed by atoms with van der Waals surface area (Å²) in [7, 11) is -2.01. The van der Waals surface area contributed by atoms with E-state index in [-0.39, 0.29) is 17.0 Å². The van der Waals surface area contributed by atoms with E-state index in [0.29, 0.717) is 30.0 Å². The topological polar surface area (TPSA) is 114 Å². The smallest absolute Gasteiger partial charge is 0.319 e. The van der Waals surface area contributed by atoms with Gasteiger partial charge in [0.25, 0.3) is 0 Å². The highest BCUT2D eigenvalue weighted by molar-refractivity contribution is 7.89. The number of benzene rings is 2. The molecule has 0 radical (unpaired) electrons. The molecule has 0 aliphatic heterocycles. The lowest BCUT2D eigenvalue weighted by atomic mass is 10.3. The number of urea groups is 1. The van der Waals surface area contributed by atoms with Gasteiger partial charge in [-0.3, -0.25) is 0 Å². The highest BCUT2D eigenvalue weighted by atomic mass is 32.2. The molecule has 0 bridgehead atoms. The number of imidazole rings is 1. The van der Waals surface area contributed by atoms with Crippen molar-refractivity contribution in [3.63, 3.8) is 0 Å². The summed E-state index contributed by atoms with van der Waals surface area (Å²) in [6.45, 7) is 4.39. The molecule has 0 saturated heterocycles. The molecule has 160 valence electrons. The number of nitrogens with one attached hydrogen (secondary N) is 3. The predicted octanol–water partition coefficient (Wildman–Crippen LogP) is 2.55. The normalized spacial score (nSPS) is 11.6. The van der Waals surface area contributed by atoms with E-state index in [1.54, 1.807) is 69.7 Å². The first-order valence-electron chi connectivity index (χ1n) is 9.44. The van der Waals surface area contributed by atoms with Gasteiger partial charge in [-0.25, -0.2) is 22.9 Å². The van der Waals surface area contributed by atoms with E-state index in [1.165, 1.54) is 0 Å². The number of hydrogen-bond acceptors (Lipinski definition) is 5. The third kappa shape index (κ3) is 5.28. The second-order valence-electron chi connectivity index (χ2n) is 6.98. The summed E-state index contributed by atoms with van der Waals surface area (Å²) < 4.78 is 34.2. The second kappa shape index (κ2) is 9.14. The highest BCUT2D eigenvalue weighted by Crippen LogP contribution is 2.19. The molecule has 0 saturated carbocycles. The Morgan fingerprint density at radius 1 is 1.20 bits per heavy atom. The molecule has 0 aliphatic carbocycles. The van der Waals surface area contributed by atoms with Crippen LogP contribution < -0.4 is 20.1 Å². The number of hydrogen-bond donors (Lipinski definition) is 3. The molecule has 3 rings (SSSR count). The summed E-state index contributed by atoms with van der Waals surface area (Å²) in [6, 6.07) is 11.4. The van der Waals surface area contributed by atoms with E-state index in [2.05, 4.69) is 20.3 Å². The predicted molar refractivity (Wildman–Crippen MR) is 115 cm³/mol. The number of aromatic nitrogens is 2. The van der Waals surface area contributed by atoms with Crippen molar-refractivity contribution < 1.29 is 17.9 Å². The minimum atomic E-state index is -3.58. The van der Waals surface area contributed by atoms with Crippen LogP contribution in [0.1, 0.15) is 13.8 Å². The maximum Gasteiger partial charge on any atom is 0.319 e. The maximum absolute atomic E-state index is 12.3. The Kier molecular flexibility index (Phi) is 6.58. The van der Waals surface area contributed by atoms with Crippen molar-refractivity contribution in [3.8, 4) is 5.75 Å². The quantitative estimate of drug-likeness (QED) is 0.507. The summed E-state index contributed by atoms with van der Waals surface area (Å²) in [5.41, 5.74) is 1.99. The van der Waals surface area contributed by atoms with Gasteiger partial charge in [-0.2, -0.15) is 0 Å². The summed E-state index contributed by atoms with van der Waals surface area (Å²) in [5, 5.41) is 5.53. The molecule has 3 N–H and O–H groups in total. The molecule has 1 aromatic heterocycles. The van der Waals surface area contributed by atoms with Crippen LogP contribution in [0.15, 0.2) is 53.7 Å². The van der Waals surface area contributed by atoms with Crippen LogP contribution in [0, 0.1) is 0 Å². The number of carbonyl (C=O) groups excluding carboxylic acids is 1. The number of methoxy groups -OCH3 is 1. The van der Waals surface area contributed by atoms with Crippen molar-refractivity contribution >= 4 is 32.8 Å². The Balaban J connectivity index is 1.60. The summed E-state index contributed by atoms with van der Waals surface area (Å²) >= 11 is 0. The van der Waals surface area contributed by atoms with Crippen LogP contribution >= 0.6 is 0 Å². The molecular weight excluding hydrogens is 406 g/mol. The average molecular weight is 432 g/mol. The number of fused-ring (bicyclic) bond motifs is 1. The number of ether oxygens (including phenoxy) is 1. The molecule has 3 aromatic rings. The van der Waals surface area contributed by atoms with Crippen LogP contribution in [0.4, 0.5) is 10.5 Å². The van der Waals surface area contributed by atoms with Crippen molar-refractivity contribution in [3.05, 3.63) is 48.8 Å². The maximum atomic E-state index is 12.3. The minimum Gasteiger partial charge on any atom is -0.497 e. The zero-order valence-electron chi connectivity index (χ0n) is 17.0. The third-order valence-electron chi connectivity index (χ3n) is 4.26. The fourth-order valence-electron chi connectivity index (χ4n) is 2.93. The summed E-state index contributed by atoms with van der Waals surface area (Å²) in [5.74, 6) is 0.655. The van der Waals surface area contributed by atoms with E-state index in [1.807, 2.05) is 4.57 Å². The van der Waals surface area contributed by atoms with Gasteiger partial charge >= 0.3 is 6.03 Å². The van der Waals surface area contributed by atoms with Crippen LogP contribution in [-0.2, 0) is 16.6 Å². The molecule has 0 spiro atoms. The molecule has 0 aliphatic rings. The van der Waals surface area contributed by atoms with Crippen LogP contribution in [0.2, 0.25) is 0 Å². The fraction of sp³-hybridized carbons (Fsp3) is 0.300. The number of sulfonamides is 1. The second-order valence-corrected chi connectivity index (χ2v) is 8.69. The van der Waals surface area contributed by atoms with Gasteiger partial charge in [-0.15, -0.1) is 0 Å². The summed E-state index contributed by atoms with van der Waals surface area (Å²) in [6.07, 6.45) is 1.62. The first-order valence-corrected chi connectivity index (χ1v) is 10.9. The molecule has 0 unspecified atom stereocenters. The Morgan fingerprint density at radius 3 is 2.73 bits per heavy atom. The molecular formula is C20H25N5O4S. The molecule has 1 heterocycles. The Hall–Kier alpha value is -3.11. The zero-order valence-corrected chi connectivity index (χ0v) is 17.9. The molecule has 10 heteroatoms. The molecule has 0 fully saturated rings. The number of rotatable bonds is 8. The van der Waals surface area contributed by atoms with Crippen LogP contribution in [0.3, 0.4) is 0 Å². The minimum absolute atomic E-state index is 0.171. The first kappa shape index (κ1) is 21.6. The molecule has 30 heavy (non-hydrogen) atoms. The average Bonchev–Trinajstić information content (AvgIpc) is 3.09. The molecule has 2 aromatic carbocycles. The first-order chi connectivity index (χ1) is 14.3. The fourth-order valence-corrected chi connectivity index (χ4v) is 4.20. The number of carbonyl (C=O) groups is 1. The third-order valence-corrected chi connectivity index (χ3v) is 5.92. The van der Waals surface area contributed by atoms with Crippen LogP contribution in [0.25, 0.3) is 11.0 Å². The molecule has 0 atom stereocenters. The molecule has 9 nitrogen and oxygen atoms in total. The van der Waals surface area contributed by atoms with Gasteiger partial charge < -0.3 is 19.9 Å². The van der Waals surface area contributed by atoms with E-state index < -0.39 is 10.0 Å². The SMILES string of the molecule is COc1cccc(NC(=O)NCCn2cnc3cc(S(=O)(=O)NC(C)C)ccc32)c1. The number of amides is 2. The van der Waals surface area contributed by atoms with Gasteiger partial charge in [0.1, 0.15) is 5.75 Å². The van der Waals surface area contributed by atoms with Crippen molar-refractivity contribution in [1.29, 1.82) is 0 Å². The van der Waals surface area contributed by atoms with Crippen molar-refractivity contribution in [2.75, 3.05) is 19.0 Å². The Labute approximate surface area is 175 Å². The Morgan fingerprint density at radius 2 is 2.00 bits per heavy atom. The van der Waals surface area contributed by atoms with Gasteiger partial charge in [0.2, 0.25) is 10.0 Å². The van der Waals surface area contributed by atoms with Crippen LogP contribution in [0.5, 0.6) is 5.75 Å². The summed E-state index contributed by atoms with van der Waals surface area (Å²) in [4.78, 5) is 16.5. The van der Waals surface area contributed by atoms with Crippen molar-refractivity contribution in [2.24, 2.45) is 0 Å². The molecule has 2 amide bonds. The van der Waals surface area contributed by atoms with Gasteiger partial charge in [0, 0.05) is 30.9 Å². The standard InChI is InChI=1S/C20H25N5O4S/c1-14(2)24-30(27,28)17-7-8-19-18(12-17)22-13-25(19)10-9-21-20(26)23-15-5-4-6-16(11-15)29-3/h4-8,11-14,24H,9-10H2,1-3H3,(H2,21,23,26). The lowest BCUT2D eigenvalue weighted by molar-refractivity contribution is 0.251. The lowest BCUT2D eigenvalue weighted by Crippen LogP contribution is -2.31. The lowest BCUT2D eigenvalue weighted by Gasteiger charge is -2.10. The van der Waals surface area contributed by atoms with E-state index in [9.17, 15) is 13.2 Å². The van der Waals surface area contributed by atoms with Gasteiger partial charge in [0.05, 0.1) is 29.4 Å².